The zero-order valence-electron chi connectivity index (χ0n) is 10.6. The average Bonchev–Trinajstić information content (AvgIpc) is 2.23. The largest absolute Gasteiger partial charge is 0.316 e. The predicted octanol–water partition coefficient (Wildman–Crippen LogP) is 3.72. The van der Waals surface area contributed by atoms with Crippen LogP contribution in [0.25, 0.3) is 0 Å². The van der Waals surface area contributed by atoms with Gasteiger partial charge in [0, 0.05) is 17.2 Å². The molecule has 0 amide bonds. The molecule has 1 aromatic carbocycles. The minimum absolute atomic E-state index is 0.803. The van der Waals surface area contributed by atoms with E-state index in [1.54, 1.807) is 0 Å². The normalized spacial score (nSPS) is 11.0. The van der Waals surface area contributed by atoms with Crippen LogP contribution in [0.3, 0.4) is 0 Å². The Morgan fingerprint density at radius 1 is 1.25 bits per heavy atom. The molecule has 1 aromatic rings. The Morgan fingerprint density at radius 2 is 2.06 bits per heavy atom. The van der Waals surface area contributed by atoms with Crippen molar-refractivity contribution in [3.8, 4) is 0 Å². The SMILES string of the molecule is Cc1cccc(SCCNCCC(C)C)c1. The Kier molecular flexibility index (Phi) is 6.58. The van der Waals surface area contributed by atoms with Gasteiger partial charge in [0.25, 0.3) is 0 Å². The molecule has 0 atom stereocenters. The number of hydrogen-bond acceptors (Lipinski definition) is 2. The first-order chi connectivity index (χ1) is 7.68. The van der Waals surface area contributed by atoms with Crippen LogP contribution in [0.2, 0.25) is 0 Å². The fraction of sp³-hybridized carbons (Fsp3) is 0.571. The van der Waals surface area contributed by atoms with Crippen molar-refractivity contribution in [2.24, 2.45) is 5.92 Å². The van der Waals surface area contributed by atoms with Crippen LogP contribution in [-0.4, -0.2) is 18.8 Å². The van der Waals surface area contributed by atoms with Crippen molar-refractivity contribution in [2.45, 2.75) is 32.1 Å². The van der Waals surface area contributed by atoms with Gasteiger partial charge in [-0.3, -0.25) is 0 Å². The molecule has 0 saturated carbocycles. The van der Waals surface area contributed by atoms with Gasteiger partial charge in [-0.25, -0.2) is 0 Å². The quantitative estimate of drug-likeness (QED) is 0.573. The minimum atomic E-state index is 0.803. The molecule has 1 N–H and O–H groups in total. The summed E-state index contributed by atoms with van der Waals surface area (Å²) in [5.41, 5.74) is 1.35. The van der Waals surface area contributed by atoms with Gasteiger partial charge in [0.1, 0.15) is 0 Å². The summed E-state index contributed by atoms with van der Waals surface area (Å²) in [6.07, 6.45) is 1.27. The molecule has 1 nitrogen and oxygen atoms in total. The molecule has 0 aliphatic rings. The second-order valence-corrected chi connectivity index (χ2v) is 5.77. The number of benzene rings is 1. The molecule has 2 heteroatoms. The molecule has 0 saturated heterocycles. The van der Waals surface area contributed by atoms with Crippen molar-refractivity contribution >= 4 is 11.8 Å². The molecule has 0 aliphatic carbocycles. The summed E-state index contributed by atoms with van der Waals surface area (Å²) in [7, 11) is 0. The zero-order chi connectivity index (χ0) is 11.8. The fourth-order valence-corrected chi connectivity index (χ4v) is 2.39. The fourth-order valence-electron chi connectivity index (χ4n) is 1.46. The van der Waals surface area contributed by atoms with E-state index < -0.39 is 0 Å². The summed E-state index contributed by atoms with van der Waals surface area (Å²) < 4.78 is 0. The maximum absolute atomic E-state index is 3.48. The molecule has 0 fully saturated rings. The van der Waals surface area contributed by atoms with Gasteiger partial charge in [0.15, 0.2) is 0 Å². The number of thioether (sulfide) groups is 1. The van der Waals surface area contributed by atoms with Gasteiger partial charge in [-0.1, -0.05) is 31.5 Å². The van der Waals surface area contributed by atoms with Crippen LogP contribution in [0.5, 0.6) is 0 Å². The second kappa shape index (κ2) is 7.75. The van der Waals surface area contributed by atoms with E-state index >= 15 is 0 Å². The third kappa shape index (κ3) is 6.19. The molecule has 0 radical (unpaired) electrons. The highest BCUT2D eigenvalue weighted by Crippen LogP contribution is 2.17. The van der Waals surface area contributed by atoms with E-state index in [9.17, 15) is 0 Å². The van der Waals surface area contributed by atoms with Gasteiger partial charge < -0.3 is 5.32 Å². The van der Waals surface area contributed by atoms with Crippen molar-refractivity contribution in [1.82, 2.24) is 5.32 Å². The first kappa shape index (κ1) is 13.6. The van der Waals surface area contributed by atoms with E-state index in [1.807, 2.05) is 11.8 Å². The Morgan fingerprint density at radius 3 is 2.75 bits per heavy atom. The highest BCUT2D eigenvalue weighted by Gasteiger charge is 1.95. The molecule has 0 unspecified atom stereocenters. The summed E-state index contributed by atoms with van der Waals surface area (Å²) in [4.78, 5) is 1.38. The summed E-state index contributed by atoms with van der Waals surface area (Å²) in [6.45, 7) is 8.93. The standard InChI is InChI=1S/C14H23NS/c1-12(2)7-8-15-9-10-16-14-6-4-5-13(3)11-14/h4-6,11-12,15H,7-10H2,1-3H3. The first-order valence-corrected chi connectivity index (χ1v) is 7.07. The molecule has 0 aromatic heterocycles. The minimum Gasteiger partial charge on any atom is -0.316 e. The zero-order valence-corrected chi connectivity index (χ0v) is 11.4. The van der Waals surface area contributed by atoms with Gasteiger partial charge in [-0.2, -0.15) is 0 Å². The van der Waals surface area contributed by atoms with Crippen LogP contribution < -0.4 is 5.32 Å². The lowest BCUT2D eigenvalue weighted by Gasteiger charge is -2.07. The number of nitrogens with one attached hydrogen (secondary N) is 1. The van der Waals surface area contributed by atoms with E-state index in [2.05, 4.69) is 50.4 Å². The molecule has 0 bridgehead atoms. The Balaban J connectivity index is 2.07. The topological polar surface area (TPSA) is 12.0 Å². The number of aryl methyl sites for hydroxylation is 1. The second-order valence-electron chi connectivity index (χ2n) is 4.60. The lowest BCUT2D eigenvalue weighted by atomic mass is 10.1. The summed E-state index contributed by atoms with van der Waals surface area (Å²) >= 11 is 1.93. The predicted molar refractivity (Wildman–Crippen MR) is 74.2 cm³/mol. The van der Waals surface area contributed by atoms with Gasteiger partial charge in [-0.15, -0.1) is 11.8 Å². The van der Waals surface area contributed by atoms with Crippen LogP contribution in [0.4, 0.5) is 0 Å². The van der Waals surface area contributed by atoms with E-state index in [4.69, 9.17) is 0 Å². The van der Waals surface area contributed by atoms with Crippen LogP contribution in [0, 0.1) is 12.8 Å². The van der Waals surface area contributed by atoms with Crippen molar-refractivity contribution in [2.75, 3.05) is 18.8 Å². The molecule has 0 heterocycles. The molecule has 0 spiro atoms. The Hall–Kier alpha value is -0.470. The average molecular weight is 237 g/mol. The van der Waals surface area contributed by atoms with E-state index in [0.29, 0.717) is 0 Å². The molecule has 0 aliphatic heterocycles. The first-order valence-electron chi connectivity index (χ1n) is 6.08. The van der Waals surface area contributed by atoms with Crippen molar-refractivity contribution in [3.63, 3.8) is 0 Å². The van der Waals surface area contributed by atoms with E-state index in [0.717, 1.165) is 24.8 Å². The smallest absolute Gasteiger partial charge is 0.0106 e. The van der Waals surface area contributed by atoms with Crippen LogP contribution >= 0.6 is 11.8 Å². The molecule has 90 valence electrons. The number of hydrogen-bond donors (Lipinski definition) is 1. The lowest BCUT2D eigenvalue weighted by Crippen LogP contribution is -2.19. The van der Waals surface area contributed by atoms with Crippen molar-refractivity contribution in [1.29, 1.82) is 0 Å². The molecular formula is C14H23NS. The van der Waals surface area contributed by atoms with Gasteiger partial charge in [-0.05, 0) is 37.9 Å². The van der Waals surface area contributed by atoms with Gasteiger partial charge in [0.2, 0.25) is 0 Å². The monoisotopic (exact) mass is 237 g/mol. The van der Waals surface area contributed by atoms with E-state index in [-0.39, 0.29) is 0 Å². The third-order valence-electron chi connectivity index (χ3n) is 2.44. The molecule has 16 heavy (non-hydrogen) atoms. The van der Waals surface area contributed by atoms with Crippen LogP contribution in [0.1, 0.15) is 25.8 Å². The highest BCUT2D eigenvalue weighted by molar-refractivity contribution is 7.99. The number of rotatable bonds is 7. The summed E-state index contributed by atoms with van der Waals surface area (Å²) in [5, 5.41) is 3.48. The van der Waals surface area contributed by atoms with Crippen LogP contribution in [0.15, 0.2) is 29.2 Å². The summed E-state index contributed by atoms with van der Waals surface area (Å²) in [6, 6.07) is 8.71. The third-order valence-corrected chi connectivity index (χ3v) is 3.43. The van der Waals surface area contributed by atoms with Gasteiger partial charge >= 0.3 is 0 Å². The van der Waals surface area contributed by atoms with Crippen LogP contribution in [-0.2, 0) is 0 Å². The lowest BCUT2D eigenvalue weighted by molar-refractivity contribution is 0.547. The van der Waals surface area contributed by atoms with Gasteiger partial charge in [0.05, 0.1) is 0 Å². The Bertz CT molecular complexity index is 297. The maximum atomic E-state index is 3.48. The van der Waals surface area contributed by atoms with Crippen molar-refractivity contribution < 1.29 is 0 Å². The summed E-state index contributed by atoms with van der Waals surface area (Å²) in [5.74, 6) is 1.96. The highest BCUT2D eigenvalue weighted by atomic mass is 32.2. The maximum Gasteiger partial charge on any atom is 0.0106 e. The van der Waals surface area contributed by atoms with E-state index in [1.165, 1.54) is 16.9 Å². The molecular weight excluding hydrogens is 214 g/mol. The van der Waals surface area contributed by atoms with Crippen molar-refractivity contribution in [3.05, 3.63) is 29.8 Å². The molecule has 1 rings (SSSR count). The Labute approximate surface area is 104 Å².